The van der Waals surface area contributed by atoms with E-state index in [9.17, 15) is 19.0 Å². The molecule has 0 heterocycles. The second-order valence-electron chi connectivity index (χ2n) is 9.49. The highest BCUT2D eigenvalue weighted by Gasteiger charge is 2.62. The summed E-state index contributed by atoms with van der Waals surface area (Å²) >= 11 is 0. The minimum atomic E-state index is -2.90. The third-order valence-electron chi connectivity index (χ3n) is 7.43. The van der Waals surface area contributed by atoms with Gasteiger partial charge in [-0.2, -0.15) is 4.89 Å². The zero-order valence-corrected chi connectivity index (χ0v) is 20.4. The first-order chi connectivity index (χ1) is 16.0. The normalized spacial score (nSPS) is 20.8. The number of methoxy groups -OCH3 is 1. The van der Waals surface area contributed by atoms with Crippen LogP contribution in [0.25, 0.3) is 0 Å². The lowest BCUT2D eigenvalue weighted by molar-refractivity contribution is -0.160. The first kappa shape index (κ1) is 25.6. The summed E-state index contributed by atoms with van der Waals surface area (Å²) in [5.41, 5.74) is -0.434. The molecular formula is C25H37NO6P+. The van der Waals surface area contributed by atoms with Crippen LogP contribution in [-0.2, 0) is 25.4 Å². The third-order valence-corrected chi connectivity index (χ3v) is 8.46. The van der Waals surface area contributed by atoms with Crippen molar-refractivity contribution < 1.29 is 28.5 Å². The van der Waals surface area contributed by atoms with E-state index in [0.29, 0.717) is 6.42 Å². The quantitative estimate of drug-likeness (QED) is 0.350. The van der Waals surface area contributed by atoms with Gasteiger partial charge in [-0.25, -0.2) is 4.79 Å². The topological polar surface area (TPSA) is 102 Å². The molecule has 182 valence electrons. The van der Waals surface area contributed by atoms with Crippen LogP contribution < -0.4 is 5.32 Å². The summed E-state index contributed by atoms with van der Waals surface area (Å²) in [5.74, 6) is -1.61. The molecule has 0 radical (unpaired) electrons. The Hall–Kier alpha value is -1.98. The summed E-state index contributed by atoms with van der Waals surface area (Å²) in [4.78, 5) is 36.6. The highest BCUT2D eigenvalue weighted by atomic mass is 31.1. The molecule has 1 amide bonds. The van der Waals surface area contributed by atoms with Crippen LogP contribution >= 0.6 is 8.03 Å². The SMILES string of the molecule is COC(=O)C(CC1CCCCC1)(C1CCCCC1)C(NC(=O)OCc1ccccc1)[P+](=O)O. The molecule has 3 rings (SSSR count). The van der Waals surface area contributed by atoms with Gasteiger partial charge >= 0.3 is 20.1 Å². The average Bonchev–Trinajstić information content (AvgIpc) is 2.86. The van der Waals surface area contributed by atoms with Crippen molar-refractivity contribution in [3.05, 3.63) is 35.9 Å². The van der Waals surface area contributed by atoms with Crippen molar-refractivity contribution >= 4 is 20.1 Å². The van der Waals surface area contributed by atoms with E-state index in [0.717, 1.165) is 63.4 Å². The minimum Gasteiger partial charge on any atom is -0.468 e. The van der Waals surface area contributed by atoms with E-state index >= 15 is 0 Å². The number of amides is 1. The summed E-state index contributed by atoms with van der Waals surface area (Å²) in [6, 6.07) is 9.23. The van der Waals surface area contributed by atoms with Crippen LogP contribution in [0.1, 0.15) is 76.2 Å². The maximum absolute atomic E-state index is 13.5. The van der Waals surface area contributed by atoms with Gasteiger partial charge in [0.1, 0.15) is 12.0 Å². The van der Waals surface area contributed by atoms with E-state index < -0.39 is 31.3 Å². The van der Waals surface area contributed by atoms with Crippen LogP contribution in [0.5, 0.6) is 0 Å². The van der Waals surface area contributed by atoms with E-state index in [-0.39, 0.29) is 18.4 Å². The highest BCUT2D eigenvalue weighted by molar-refractivity contribution is 7.39. The molecule has 0 spiro atoms. The van der Waals surface area contributed by atoms with Gasteiger partial charge in [0.25, 0.3) is 5.78 Å². The first-order valence-corrected chi connectivity index (χ1v) is 13.5. The largest absolute Gasteiger partial charge is 0.532 e. The van der Waals surface area contributed by atoms with Crippen molar-refractivity contribution in [3.8, 4) is 0 Å². The molecule has 0 saturated heterocycles. The van der Waals surface area contributed by atoms with E-state index in [1.54, 1.807) is 0 Å². The molecule has 1 aromatic rings. The van der Waals surface area contributed by atoms with Crippen molar-refractivity contribution in [2.24, 2.45) is 17.3 Å². The number of ether oxygens (including phenoxy) is 2. The summed E-state index contributed by atoms with van der Waals surface area (Å²) in [6.45, 7) is 0.0406. The zero-order chi connectivity index (χ0) is 23.7. The van der Waals surface area contributed by atoms with Gasteiger partial charge in [-0.15, -0.1) is 0 Å². The second kappa shape index (κ2) is 12.5. The molecule has 0 bridgehead atoms. The van der Waals surface area contributed by atoms with Gasteiger partial charge in [-0.3, -0.25) is 10.1 Å². The van der Waals surface area contributed by atoms with Crippen molar-refractivity contribution in [3.63, 3.8) is 0 Å². The predicted octanol–water partition coefficient (Wildman–Crippen LogP) is 5.68. The number of benzene rings is 1. The molecule has 2 aliphatic carbocycles. The smallest absolute Gasteiger partial charge is 0.468 e. The van der Waals surface area contributed by atoms with Gasteiger partial charge in [-0.05, 0) is 41.2 Å². The Labute approximate surface area is 197 Å². The Balaban J connectivity index is 1.88. The molecule has 7 nitrogen and oxygen atoms in total. The fourth-order valence-corrected chi connectivity index (χ4v) is 6.83. The standard InChI is InChI=1S/C25H36NO6P/c1-31-23(27)25(21-15-9-4-10-16-21,17-19-11-5-2-6-12-19)22(33(29)30)26-24(28)32-18-20-13-7-3-8-14-20/h3,7-8,13-14,19,21-22H,2,4-6,9-12,15-18H2,1H3,(H-,26,28,29,30)/p+1. The van der Waals surface area contributed by atoms with Crippen LogP contribution in [0.15, 0.2) is 30.3 Å². The van der Waals surface area contributed by atoms with Gasteiger partial charge in [0, 0.05) is 0 Å². The molecule has 2 aliphatic rings. The van der Waals surface area contributed by atoms with Crippen LogP contribution in [-0.4, -0.2) is 29.8 Å². The van der Waals surface area contributed by atoms with Crippen LogP contribution in [0.4, 0.5) is 4.79 Å². The first-order valence-electron chi connectivity index (χ1n) is 12.2. The number of hydrogen-bond acceptors (Lipinski definition) is 5. The Kier molecular flexibility index (Phi) is 9.69. The number of hydrogen-bond donors (Lipinski definition) is 2. The summed E-state index contributed by atoms with van der Waals surface area (Å²) in [7, 11) is -1.57. The number of carbonyl (C=O) groups is 2. The molecule has 1 aromatic carbocycles. The van der Waals surface area contributed by atoms with E-state index in [2.05, 4.69) is 5.32 Å². The molecule has 3 unspecified atom stereocenters. The van der Waals surface area contributed by atoms with Gasteiger partial charge in [-0.1, -0.05) is 81.7 Å². The number of nitrogens with one attached hydrogen (secondary N) is 1. The number of carbonyl (C=O) groups excluding carboxylic acids is 2. The lowest BCUT2D eigenvalue weighted by Gasteiger charge is -2.43. The summed E-state index contributed by atoms with van der Waals surface area (Å²) < 4.78 is 23.4. The lowest BCUT2D eigenvalue weighted by atomic mass is 9.63. The predicted molar refractivity (Wildman–Crippen MR) is 126 cm³/mol. The Bertz CT molecular complexity index is 791. The van der Waals surface area contributed by atoms with Crippen molar-refractivity contribution in [1.29, 1.82) is 0 Å². The van der Waals surface area contributed by atoms with Gasteiger partial charge in [0.05, 0.1) is 7.11 Å². The maximum Gasteiger partial charge on any atom is 0.532 e. The molecule has 8 heteroatoms. The van der Waals surface area contributed by atoms with Crippen LogP contribution in [0.2, 0.25) is 0 Å². The van der Waals surface area contributed by atoms with E-state index in [1.165, 1.54) is 13.5 Å². The molecular weight excluding hydrogens is 441 g/mol. The fourth-order valence-electron chi connectivity index (χ4n) is 5.80. The molecule has 0 aliphatic heterocycles. The summed E-state index contributed by atoms with van der Waals surface area (Å²) in [6.07, 6.45) is 9.55. The van der Waals surface area contributed by atoms with Crippen LogP contribution in [0, 0.1) is 17.3 Å². The van der Waals surface area contributed by atoms with Crippen molar-refractivity contribution in [2.45, 2.75) is 83.0 Å². The average molecular weight is 479 g/mol. The van der Waals surface area contributed by atoms with Gasteiger partial charge < -0.3 is 9.47 Å². The van der Waals surface area contributed by atoms with Crippen molar-refractivity contribution in [2.75, 3.05) is 7.11 Å². The maximum atomic E-state index is 13.5. The Morgan fingerprint density at radius 3 is 2.24 bits per heavy atom. The minimum absolute atomic E-state index is 0.0406. The second-order valence-corrected chi connectivity index (χ2v) is 10.6. The summed E-state index contributed by atoms with van der Waals surface area (Å²) in [5, 5.41) is 2.63. The van der Waals surface area contributed by atoms with Crippen LogP contribution in [0.3, 0.4) is 0 Å². The highest BCUT2D eigenvalue weighted by Crippen LogP contribution is 2.53. The van der Waals surface area contributed by atoms with Crippen molar-refractivity contribution in [1.82, 2.24) is 5.32 Å². The van der Waals surface area contributed by atoms with E-state index in [4.69, 9.17) is 9.47 Å². The van der Waals surface area contributed by atoms with Gasteiger partial charge in [0.2, 0.25) is 0 Å². The number of alkyl carbamates (subject to hydrolysis) is 1. The van der Waals surface area contributed by atoms with Gasteiger partial charge in [0.15, 0.2) is 0 Å². The fraction of sp³-hybridized carbons (Fsp3) is 0.680. The number of esters is 1. The molecule has 2 N–H and O–H groups in total. The Morgan fingerprint density at radius 2 is 1.67 bits per heavy atom. The third kappa shape index (κ3) is 6.54. The molecule has 0 aromatic heterocycles. The number of rotatable bonds is 9. The molecule has 3 atom stereocenters. The zero-order valence-electron chi connectivity index (χ0n) is 19.5. The molecule has 2 fully saturated rings. The van der Waals surface area contributed by atoms with E-state index in [1.807, 2.05) is 30.3 Å². The molecule has 2 saturated carbocycles. The lowest BCUT2D eigenvalue weighted by Crippen LogP contribution is -2.56. The molecule has 33 heavy (non-hydrogen) atoms. The Morgan fingerprint density at radius 1 is 1.06 bits per heavy atom. The monoisotopic (exact) mass is 478 g/mol.